The highest BCUT2D eigenvalue weighted by atomic mass is 16.4. The molecule has 0 saturated heterocycles. The lowest BCUT2D eigenvalue weighted by Crippen LogP contribution is -2.13. The number of rotatable bonds is 7. The number of carboxylic acid groups (broad SMARTS) is 1. The lowest BCUT2D eigenvalue weighted by atomic mass is 10.1. The third-order valence-electron chi connectivity index (χ3n) is 1.80. The summed E-state index contributed by atoms with van der Waals surface area (Å²) in [6.45, 7) is 2.00. The summed E-state index contributed by atoms with van der Waals surface area (Å²) in [6.07, 6.45) is 5.39. The Morgan fingerprint density at radius 1 is 1.33 bits per heavy atom. The summed E-state index contributed by atoms with van der Waals surface area (Å²) in [7, 11) is 0. The molecule has 0 rings (SSSR count). The number of aliphatic carboxylic acids is 1. The SMILES string of the molecule is CC(N)CCCCCCC(=O)O. The summed E-state index contributed by atoms with van der Waals surface area (Å²) in [4.78, 5) is 10.1. The van der Waals surface area contributed by atoms with Crippen LogP contribution in [0.5, 0.6) is 0 Å². The fourth-order valence-corrected chi connectivity index (χ4v) is 1.10. The van der Waals surface area contributed by atoms with E-state index in [9.17, 15) is 4.79 Å². The van der Waals surface area contributed by atoms with E-state index in [1.807, 2.05) is 6.92 Å². The maximum absolute atomic E-state index is 10.1. The molecule has 0 heterocycles. The van der Waals surface area contributed by atoms with Gasteiger partial charge in [0.15, 0.2) is 0 Å². The maximum atomic E-state index is 10.1. The zero-order chi connectivity index (χ0) is 9.40. The van der Waals surface area contributed by atoms with E-state index in [0.717, 1.165) is 32.1 Å². The van der Waals surface area contributed by atoms with Gasteiger partial charge in [0.05, 0.1) is 0 Å². The lowest BCUT2D eigenvalue weighted by molar-refractivity contribution is -0.137. The number of carboxylic acids is 1. The second-order valence-electron chi connectivity index (χ2n) is 3.32. The molecule has 3 N–H and O–H groups in total. The predicted octanol–water partition coefficient (Wildman–Crippen LogP) is 1.76. The first-order chi connectivity index (χ1) is 5.63. The molecule has 0 amide bonds. The molecule has 0 saturated carbocycles. The number of carbonyl (C=O) groups is 1. The normalized spacial score (nSPS) is 12.8. The van der Waals surface area contributed by atoms with Gasteiger partial charge in [0, 0.05) is 12.5 Å². The molecule has 0 aromatic heterocycles. The third-order valence-corrected chi connectivity index (χ3v) is 1.80. The number of hydrogen-bond donors (Lipinski definition) is 2. The van der Waals surface area contributed by atoms with Crippen LogP contribution < -0.4 is 5.73 Å². The molecular weight excluding hydrogens is 154 g/mol. The molecule has 0 aromatic carbocycles. The molecule has 0 fully saturated rings. The first kappa shape index (κ1) is 11.4. The number of unbranched alkanes of at least 4 members (excludes halogenated alkanes) is 3. The van der Waals surface area contributed by atoms with Gasteiger partial charge in [0.25, 0.3) is 0 Å². The van der Waals surface area contributed by atoms with Crippen molar-refractivity contribution in [1.82, 2.24) is 0 Å². The minimum Gasteiger partial charge on any atom is -0.481 e. The predicted molar refractivity (Wildman–Crippen MR) is 49.0 cm³/mol. The van der Waals surface area contributed by atoms with Gasteiger partial charge in [-0.15, -0.1) is 0 Å². The first-order valence-electron chi connectivity index (χ1n) is 4.60. The average Bonchev–Trinajstić information content (AvgIpc) is 1.95. The molecule has 0 aliphatic carbocycles. The average molecular weight is 173 g/mol. The second-order valence-corrected chi connectivity index (χ2v) is 3.32. The van der Waals surface area contributed by atoms with Crippen molar-refractivity contribution in [3.63, 3.8) is 0 Å². The summed E-state index contributed by atoms with van der Waals surface area (Å²) in [5, 5.41) is 8.34. The third kappa shape index (κ3) is 9.43. The molecule has 0 spiro atoms. The Kier molecular flexibility index (Phi) is 6.76. The minimum absolute atomic E-state index is 0.282. The van der Waals surface area contributed by atoms with Gasteiger partial charge in [-0.1, -0.05) is 19.3 Å². The Morgan fingerprint density at radius 2 is 1.92 bits per heavy atom. The van der Waals surface area contributed by atoms with E-state index >= 15 is 0 Å². The molecule has 3 heteroatoms. The molecular formula is C9H19NO2. The molecule has 12 heavy (non-hydrogen) atoms. The molecule has 0 aromatic rings. The van der Waals surface area contributed by atoms with Gasteiger partial charge in [-0.25, -0.2) is 0 Å². The molecule has 72 valence electrons. The highest BCUT2D eigenvalue weighted by molar-refractivity contribution is 5.66. The van der Waals surface area contributed by atoms with Crippen LogP contribution in [0.3, 0.4) is 0 Å². The van der Waals surface area contributed by atoms with Crippen molar-refractivity contribution in [3.05, 3.63) is 0 Å². The highest BCUT2D eigenvalue weighted by Crippen LogP contribution is 2.06. The molecule has 1 atom stereocenters. The van der Waals surface area contributed by atoms with Crippen molar-refractivity contribution in [2.24, 2.45) is 5.73 Å². The van der Waals surface area contributed by atoms with Crippen molar-refractivity contribution >= 4 is 5.97 Å². The largest absolute Gasteiger partial charge is 0.481 e. The van der Waals surface area contributed by atoms with Gasteiger partial charge in [-0.05, 0) is 19.8 Å². The monoisotopic (exact) mass is 173 g/mol. The standard InChI is InChI=1S/C9H19NO2/c1-8(10)6-4-2-3-5-7-9(11)12/h8H,2-7,10H2,1H3,(H,11,12). The smallest absolute Gasteiger partial charge is 0.303 e. The first-order valence-corrected chi connectivity index (χ1v) is 4.60. The van der Waals surface area contributed by atoms with Crippen LogP contribution in [0, 0.1) is 0 Å². The Bertz CT molecular complexity index is 124. The van der Waals surface area contributed by atoms with E-state index in [4.69, 9.17) is 10.8 Å². The van der Waals surface area contributed by atoms with Crippen LogP contribution in [0.15, 0.2) is 0 Å². The van der Waals surface area contributed by atoms with Crippen LogP contribution in [0.25, 0.3) is 0 Å². The van der Waals surface area contributed by atoms with E-state index in [-0.39, 0.29) is 6.04 Å². The van der Waals surface area contributed by atoms with Crippen LogP contribution in [0.2, 0.25) is 0 Å². The van der Waals surface area contributed by atoms with Crippen molar-refractivity contribution in [2.45, 2.75) is 51.5 Å². The highest BCUT2D eigenvalue weighted by Gasteiger charge is 1.97. The van der Waals surface area contributed by atoms with Crippen LogP contribution in [-0.2, 0) is 4.79 Å². The van der Waals surface area contributed by atoms with Crippen LogP contribution in [0.1, 0.15) is 45.4 Å². The van der Waals surface area contributed by atoms with Crippen molar-refractivity contribution in [2.75, 3.05) is 0 Å². The summed E-state index contributed by atoms with van der Waals surface area (Å²) in [5.74, 6) is -0.692. The zero-order valence-electron chi connectivity index (χ0n) is 7.75. The summed E-state index contributed by atoms with van der Waals surface area (Å²) in [5.41, 5.74) is 5.56. The van der Waals surface area contributed by atoms with Gasteiger partial charge < -0.3 is 10.8 Å². The van der Waals surface area contributed by atoms with Crippen LogP contribution in [0.4, 0.5) is 0 Å². The summed E-state index contributed by atoms with van der Waals surface area (Å²) < 4.78 is 0. The van der Waals surface area contributed by atoms with Crippen molar-refractivity contribution in [3.8, 4) is 0 Å². The summed E-state index contributed by atoms with van der Waals surface area (Å²) >= 11 is 0. The fraction of sp³-hybridized carbons (Fsp3) is 0.889. The van der Waals surface area contributed by atoms with Crippen molar-refractivity contribution in [1.29, 1.82) is 0 Å². The zero-order valence-corrected chi connectivity index (χ0v) is 7.75. The molecule has 1 unspecified atom stereocenters. The van der Waals surface area contributed by atoms with Crippen LogP contribution in [-0.4, -0.2) is 17.1 Å². The quantitative estimate of drug-likeness (QED) is 0.576. The maximum Gasteiger partial charge on any atom is 0.303 e. The van der Waals surface area contributed by atoms with E-state index in [1.54, 1.807) is 0 Å². The fourth-order valence-electron chi connectivity index (χ4n) is 1.10. The molecule has 0 aliphatic rings. The van der Waals surface area contributed by atoms with Gasteiger partial charge >= 0.3 is 5.97 Å². The van der Waals surface area contributed by atoms with Gasteiger partial charge in [-0.2, -0.15) is 0 Å². The summed E-state index contributed by atoms with van der Waals surface area (Å²) in [6, 6.07) is 0.282. The van der Waals surface area contributed by atoms with E-state index in [1.165, 1.54) is 0 Å². The van der Waals surface area contributed by atoms with E-state index in [2.05, 4.69) is 0 Å². The van der Waals surface area contributed by atoms with Gasteiger partial charge in [0.2, 0.25) is 0 Å². The second kappa shape index (κ2) is 7.10. The van der Waals surface area contributed by atoms with Gasteiger partial charge in [0.1, 0.15) is 0 Å². The topological polar surface area (TPSA) is 63.3 Å². The lowest BCUT2D eigenvalue weighted by Gasteiger charge is -2.03. The Hall–Kier alpha value is -0.570. The molecule has 0 radical (unpaired) electrons. The van der Waals surface area contributed by atoms with Gasteiger partial charge in [-0.3, -0.25) is 4.79 Å². The van der Waals surface area contributed by atoms with Crippen LogP contribution >= 0.6 is 0 Å². The van der Waals surface area contributed by atoms with E-state index < -0.39 is 5.97 Å². The Morgan fingerprint density at radius 3 is 2.42 bits per heavy atom. The van der Waals surface area contributed by atoms with E-state index in [0.29, 0.717) is 6.42 Å². The van der Waals surface area contributed by atoms with Crippen molar-refractivity contribution < 1.29 is 9.90 Å². The molecule has 0 bridgehead atoms. The molecule has 3 nitrogen and oxygen atoms in total. The number of hydrogen-bond acceptors (Lipinski definition) is 2. The Labute approximate surface area is 74.0 Å². The molecule has 0 aliphatic heterocycles. The number of nitrogens with two attached hydrogens (primary N) is 1. The Balaban J connectivity index is 2.96. The minimum atomic E-state index is -0.692.